The standard InChI is InChI=1S/C20H28N2O3/c1-4-9-21-20(24)11-16-8-10-22(13-15(16)5-2)14-17-6-7-18(25-3)12-19(17)23/h1,6-7,12,15-16,23H,5,8-11,13-14H2,2-3H3,(H,21,24)/t15-,16-/m0/s1. The zero-order chi connectivity index (χ0) is 18.2. The van der Waals surface area contributed by atoms with Gasteiger partial charge in [-0.05, 0) is 30.9 Å². The highest BCUT2D eigenvalue weighted by molar-refractivity contribution is 5.76. The van der Waals surface area contributed by atoms with Crippen LogP contribution in [-0.4, -0.2) is 42.7 Å². The van der Waals surface area contributed by atoms with E-state index in [9.17, 15) is 9.90 Å². The molecule has 0 aromatic heterocycles. The molecule has 1 fully saturated rings. The van der Waals surface area contributed by atoms with Gasteiger partial charge in [-0.15, -0.1) is 6.42 Å². The second-order valence-electron chi connectivity index (χ2n) is 6.63. The third kappa shape index (κ3) is 5.40. The molecule has 1 aliphatic heterocycles. The van der Waals surface area contributed by atoms with E-state index in [0.29, 0.717) is 37.1 Å². The molecule has 5 nitrogen and oxygen atoms in total. The number of carbonyl (C=O) groups excluding carboxylic acids is 1. The molecule has 2 rings (SSSR count). The molecule has 0 spiro atoms. The number of nitrogens with one attached hydrogen (secondary N) is 1. The van der Waals surface area contributed by atoms with Crippen LogP contribution in [0.4, 0.5) is 0 Å². The van der Waals surface area contributed by atoms with Crippen molar-refractivity contribution in [3.05, 3.63) is 23.8 Å². The molecule has 0 bridgehead atoms. The zero-order valence-electron chi connectivity index (χ0n) is 15.1. The third-order valence-corrected chi connectivity index (χ3v) is 5.02. The third-order valence-electron chi connectivity index (χ3n) is 5.02. The molecule has 2 N–H and O–H groups in total. The number of amides is 1. The van der Waals surface area contributed by atoms with Crippen molar-refractivity contribution in [2.75, 3.05) is 26.7 Å². The van der Waals surface area contributed by atoms with Crippen LogP contribution in [-0.2, 0) is 11.3 Å². The summed E-state index contributed by atoms with van der Waals surface area (Å²) in [6.07, 6.45) is 7.75. The highest BCUT2D eigenvalue weighted by Crippen LogP contribution is 2.31. The van der Waals surface area contributed by atoms with Gasteiger partial charge in [0.25, 0.3) is 0 Å². The molecule has 1 aromatic rings. The molecule has 25 heavy (non-hydrogen) atoms. The summed E-state index contributed by atoms with van der Waals surface area (Å²) in [6.45, 7) is 5.04. The molecule has 1 saturated heterocycles. The van der Waals surface area contributed by atoms with Crippen LogP contribution in [0.1, 0.15) is 31.7 Å². The lowest BCUT2D eigenvalue weighted by Crippen LogP contribution is -2.41. The van der Waals surface area contributed by atoms with Gasteiger partial charge in [-0.1, -0.05) is 25.3 Å². The molecule has 0 aliphatic carbocycles. The molecule has 1 aliphatic rings. The van der Waals surface area contributed by atoms with E-state index in [1.54, 1.807) is 13.2 Å². The summed E-state index contributed by atoms with van der Waals surface area (Å²) < 4.78 is 5.13. The molecule has 136 valence electrons. The summed E-state index contributed by atoms with van der Waals surface area (Å²) >= 11 is 0. The quantitative estimate of drug-likeness (QED) is 0.746. The van der Waals surface area contributed by atoms with Gasteiger partial charge in [0.2, 0.25) is 5.91 Å². The Morgan fingerprint density at radius 3 is 2.92 bits per heavy atom. The van der Waals surface area contributed by atoms with Gasteiger partial charge < -0.3 is 15.2 Å². The number of methoxy groups -OCH3 is 1. The lowest BCUT2D eigenvalue weighted by Gasteiger charge is -2.38. The van der Waals surface area contributed by atoms with E-state index < -0.39 is 0 Å². The lowest BCUT2D eigenvalue weighted by atomic mass is 9.81. The van der Waals surface area contributed by atoms with Gasteiger partial charge in [-0.25, -0.2) is 0 Å². The van der Waals surface area contributed by atoms with Crippen LogP contribution in [0.25, 0.3) is 0 Å². The fourth-order valence-corrected chi connectivity index (χ4v) is 3.54. The SMILES string of the molecule is C#CCNC(=O)C[C@@H]1CCN(Cc2ccc(OC)cc2O)C[C@@H]1CC. The summed E-state index contributed by atoms with van der Waals surface area (Å²) in [7, 11) is 1.59. The Labute approximate surface area is 150 Å². The number of hydrogen-bond acceptors (Lipinski definition) is 4. The summed E-state index contributed by atoms with van der Waals surface area (Å²) in [5.74, 6) is 4.27. The number of hydrogen-bond donors (Lipinski definition) is 2. The molecule has 0 saturated carbocycles. The smallest absolute Gasteiger partial charge is 0.221 e. The van der Waals surface area contributed by atoms with E-state index in [1.807, 2.05) is 12.1 Å². The minimum atomic E-state index is 0.0441. The Balaban J connectivity index is 1.92. The van der Waals surface area contributed by atoms with Crippen molar-refractivity contribution in [3.8, 4) is 23.8 Å². The monoisotopic (exact) mass is 344 g/mol. The maximum atomic E-state index is 11.9. The minimum Gasteiger partial charge on any atom is -0.507 e. The number of phenols is 1. The minimum absolute atomic E-state index is 0.0441. The fourth-order valence-electron chi connectivity index (χ4n) is 3.54. The van der Waals surface area contributed by atoms with E-state index in [2.05, 4.69) is 23.1 Å². The van der Waals surface area contributed by atoms with Crippen LogP contribution in [0.5, 0.6) is 11.5 Å². The van der Waals surface area contributed by atoms with Crippen molar-refractivity contribution >= 4 is 5.91 Å². The number of likely N-dealkylation sites (tertiary alicyclic amines) is 1. The van der Waals surface area contributed by atoms with Gasteiger partial charge in [0.15, 0.2) is 0 Å². The van der Waals surface area contributed by atoms with Crippen LogP contribution in [0.2, 0.25) is 0 Å². The second-order valence-corrected chi connectivity index (χ2v) is 6.63. The average Bonchev–Trinajstić information content (AvgIpc) is 2.62. The summed E-state index contributed by atoms with van der Waals surface area (Å²) in [6, 6.07) is 5.43. The molecule has 1 heterocycles. The predicted octanol–water partition coefficient (Wildman–Crippen LogP) is 2.39. The Bertz CT molecular complexity index is 624. The Kier molecular flexibility index (Phi) is 7.15. The number of aromatic hydroxyl groups is 1. The number of benzene rings is 1. The van der Waals surface area contributed by atoms with E-state index in [1.165, 1.54) is 0 Å². The van der Waals surface area contributed by atoms with E-state index in [4.69, 9.17) is 11.2 Å². The highest BCUT2D eigenvalue weighted by Gasteiger charge is 2.29. The molecule has 2 atom stereocenters. The van der Waals surface area contributed by atoms with Gasteiger partial charge in [-0.2, -0.15) is 0 Å². The lowest BCUT2D eigenvalue weighted by molar-refractivity contribution is -0.122. The zero-order valence-corrected chi connectivity index (χ0v) is 15.1. The molecular formula is C20H28N2O3. The van der Waals surface area contributed by atoms with Gasteiger partial charge in [0.05, 0.1) is 13.7 Å². The van der Waals surface area contributed by atoms with Crippen LogP contribution in [0.15, 0.2) is 18.2 Å². The topological polar surface area (TPSA) is 61.8 Å². The molecular weight excluding hydrogens is 316 g/mol. The Hall–Kier alpha value is -2.19. The van der Waals surface area contributed by atoms with E-state index in [0.717, 1.165) is 31.5 Å². The number of piperidine rings is 1. The summed E-state index contributed by atoms with van der Waals surface area (Å²) in [4.78, 5) is 14.3. The van der Waals surface area contributed by atoms with E-state index >= 15 is 0 Å². The predicted molar refractivity (Wildman–Crippen MR) is 98.3 cm³/mol. The van der Waals surface area contributed by atoms with Crippen molar-refractivity contribution in [2.24, 2.45) is 11.8 Å². The molecule has 1 aromatic carbocycles. The average molecular weight is 344 g/mol. The van der Waals surface area contributed by atoms with Crippen molar-refractivity contribution in [3.63, 3.8) is 0 Å². The molecule has 5 heteroatoms. The van der Waals surface area contributed by atoms with Crippen LogP contribution in [0.3, 0.4) is 0 Å². The first kappa shape index (κ1) is 19.1. The molecule has 0 radical (unpaired) electrons. The molecule has 1 amide bonds. The number of terminal acetylenes is 1. The van der Waals surface area contributed by atoms with Gasteiger partial charge in [0, 0.05) is 31.1 Å². The fraction of sp³-hybridized carbons (Fsp3) is 0.550. The Morgan fingerprint density at radius 1 is 1.48 bits per heavy atom. The maximum Gasteiger partial charge on any atom is 0.221 e. The first-order valence-electron chi connectivity index (χ1n) is 8.85. The van der Waals surface area contributed by atoms with Crippen molar-refractivity contribution in [1.82, 2.24) is 10.2 Å². The van der Waals surface area contributed by atoms with Gasteiger partial charge in [-0.3, -0.25) is 9.69 Å². The normalized spacial score (nSPS) is 20.7. The largest absolute Gasteiger partial charge is 0.507 e. The number of carbonyl (C=O) groups is 1. The van der Waals surface area contributed by atoms with Crippen LogP contribution in [0, 0.1) is 24.2 Å². The van der Waals surface area contributed by atoms with Gasteiger partial charge >= 0.3 is 0 Å². The van der Waals surface area contributed by atoms with Crippen molar-refractivity contribution in [1.29, 1.82) is 0 Å². The van der Waals surface area contributed by atoms with Gasteiger partial charge in [0.1, 0.15) is 11.5 Å². The van der Waals surface area contributed by atoms with Crippen molar-refractivity contribution < 1.29 is 14.6 Å². The van der Waals surface area contributed by atoms with Crippen molar-refractivity contribution in [2.45, 2.75) is 32.7 Å². The number of phenolic OH excluding ortho intramolecular Hbond substituents is 1. The van der Waals surface area contributed by atoms with Crippen LogP contribution < -0.4 is 10.1 Å². The highest BCUT2D eigenvalue weighted by atomic mass is 16.5. The molecule has 0 unspecified atom stereocenters. The number of ether oxygens (including phenoxy) is 1. The summed E-state index contributed by atoms with van der Waals surface area (Å²) in [5.41, 5.74) is 0.904. The first-order chi connectivity index (χ1) is 12.1. The summed E-state index contributed by atoms with van der Waals surface area (Å²) in [5, 5.41) is 12.9. The van der Waals surface area contributed by atoms with Crippen LogP contribution >= 0.6 is 0 Å². The maximum absolute atomic E-state index is 11.9. The Morgan fingerprint density at radius 2 is 2.28 bits per heavy atom. The van der Waals surface area contributed by atoms with E-state index in [-0.39, 0.29) is 11.7 Å². The second kappa shape index (κ2) is 9.33. The number of nitrogens with zero attached hydrogens (tertiary/aromatic N) is 1. The first-order valence-corrected chi connectivity index (χ1v) is 8.85. The number of rotatable bonds is 7.